The average molecular weight is 249 g/mol. The van der Waals surface area contributed by atoms with Crippen LogP contribution >= 0.6 is 23.2 Å². The summed E-state index contributed by atoms with van der Waals surface area (Å²) in [5, 5.41) is 10.1. The van der Waals surface area contributed by atoms with E-state index in [-0.39, 0.29) is 0 Å². The van der Waals surface area contributed by atoms with E-state index in [1.165, 1.54) is 0 Å². The van der Waals surface area contributed by atoms with E-state index >= 15 is 0 Å². The molecule has 0 spiro atoms. The van der Waals surface area contributed by atoms with Gasteiger partial charge in [0, 0.05) is 33.6 Å². The molecule has 4 heteroatoms. The molecule has 2 nitrogen and oxygen atoms in total. The number of hydrogen-bond acceptors (Lipinski definition) is 2. The zero-order chi connectivity index (χ0) is 11.5. The maximum Gasteiger partial charge on any atom is 0.0999 e. The van der Waals surface area contributed by atoms with Crippen molar-refractivity contribution in [1.82, 2.24) is 4.98 Å². The van der Waals surface area contributed by atoms with Crippen molar-refractivity contribution in [2.24, 2.45) is 0 Å². The van der Waals surface area contributed by atoms with Gasteiger partial charge in [0.05, 0.1) is 11.6 Å². The van der Waals surface area contributed by atoms with Crippen LogP contribution < -0.4 is 0 Å². The molecule has 16 heavy (non-hydrogen) atoms. The Morgan fingerprint density at radius 1 is 1.12 bits per heavy atom. The largest absolute Gasteiger partial charge is 0.264 e. The monoisotopic (exact) mass is 248 g/mol. The average Bonchev–Trinajstić information content (AvgIpc) is 2.29. The highest BCUT2D eigenvalue weighted by atomic mass is 35.5. The Morgan fingerprint density at radius 3 is 2.62 bits per heavy atom. The molecular weight excluding hydrogens is 243 g/mol. The Hall–Kier alpha value is -1.56. The van der Waals surface area contributed by atoms with Gasteiger partial charge in [-0.05, 0) is 18.2 Å². The maximum atomic E-state index is 8.98. The minimum atomic E-state index is 0.511. The fraction of sp³-hybridized carbons (Fsp3) is 0. The first-order chi connectivity index (χ1) is 7.72. The Labute approximate surface area is 103 Å². The highest BCUT2D eigenvalue weighted by Crippen LogP contribution is 2.31. The lowest BCUT2D eigenvalue weighted by Crippen LogP contribution is -1.86. The number of halogens is 2. The van der Waals surface area contributed by atoms with Gasteiger partial charge >= 0.3 is 0 Å². The first-order valence-electron chi connectivity index (χ1n) is 4.52. The van der Waals surface area contributed by atoms with Crippen molar-refractivity contribution in [2.75, 3.05) is 0 Å². The van der Waals surface area contributed by atoms with Crippen LogP contribution in [-0.4, -0.2) is 4.98 Å². The zero-order valence-electron chi connectivity index (χ0n) is 8.11. The van der Waals surface area contributed by atoms with E-state index in [1.807, 2.05) is 0 Å². The third-order valence-electron chi connectivity index (χ3n) is 2.16. The van der Waals surface area contributed by atoms with Crippen LogP contribution in [0.5, 0.6) is 0 Å². The summed E-state index contributed by atoms with van der Waals surface area (Å²) in [7, 11) is 0. The van der Waals surface area contributed by atoms with Crippen molar-refractivity contribution in [1.29, 1.82) is 5.26 Å². The van der Waals surface area contributed by atoms with Crippen molar-refractivity contribution in [3.63, 3.8) is 0 Å². The van der Waals surface area contributed by atoms with Gasteiger partial charge in [-0.1, -0.05) is 29.3 Å². The number of nitriles is 1. The predicted octanol–water partition coefficient (Wildman–Crippen LogP) is 3.93. The summed E-state index contributed by atoms with van der Waals surface area (Å²) < 4.78 is 0. The molecule has 0 unspecified atom stereocenters. The summed E-state index contributed by atoms with van der Waals surface area (Å²) >= 11 is 11.9. The Balaban J connectivity index is 2.64. The molecule has 0 bridgehead atoms. The van der Waals surface area contributed by atoms with Crippen LogP contribution in [0.25, 0.3) is 11.1 Å². The summed E-state index contributed by atoms with van der Waals surface area (Å²) in [4.78, 5) is 3.99. The first kappa shape index (κ1) is 10.9. The number of hydrogen-bond donors (Lipinski definition) is 0. The molecule has 0 saturated carbocycles. The van der Waals surface area contributed by atoms with Crippen LogP contribution in [0, 0.1) is 11.3 Å². The van der Waals surface area contributed by atoms with E-state index in [9.17, 15) is 0 Å². The highest BCUT2D eigenvalue weighted by molar-refractivity contribution is 6.36. The minimum Gasteiger partial charge on any atom is -0.264 e. The van der Waals surface area contributed by atoms with Gasteiger partial charge in [-0.25, -0.2) is 0 Å². The lowest BCUT2D eigenvalue weighted by molar-refractivity contribution is 1.31. The van der Waals surface area contributed by atoms with Gasteiger partial charge < -0.3 is 0 Å². The van der Waals surface area contributed by atoms with Gasteiger partial charge in [-0.3, -0.25) is 4.98 Å². The summed E-state index contributed by atoms with van der Waals surface area (Å²) in [6.07, 6.45) is 3.19. The van der Waals surface area contributed by atoms with Crippen LogP contribution in [0.4, 0.5) is 0 Å². The van der Waals surface area contributed by atoms with Crippen LogP contribution in [-0.2, 0) is 0 Å². The molecular formula is C12H6Cl2N2. The second-order valence-corrected chi connectivity index (χ2v) is 4.00. The van der Waals surface area contributed by atoms with Crippen molar-refractivity contribution >= 4 is 23.2 Å². The number of rotatable bonds is 1. The molecule has 0 atom stereocenters. The normalized spacial score (nSPS) is 9.81. The molecule has 0 fully saturated rings. The third kappa shape index (κ3) is 2.01. The lowest BCUT2D eigenvalue weighted by Gasteiger charge is -2.05. The number of pyridine rings is 1. The summed E-state index contributed by atoms with van der Waals surface area (Å²) in [6, 6.07) is 8.92. The van der Waals surface area contributed by atoms with Gasteiger partial charge in [0.2, 0.25) is 0 Å². The fourth-order valence-electron chi connectivity index (χ4n) is 1.41. The first-order valence-corrected chi connectivity index (χ1v) is 5.27. The van der Waals surface area contributed by atoms with Crippen LogP contribution in [0.15, 0.2) is 36.7 Å². The van der Waals surface area contributed by atoms with Gasteiger partial charge in [0.15, 0.2) is 0 Å². The Bertz CT molecular complexity index is 573. The second kappa shape index (κ2) is 4.52. The van der Waals surface area contributed by atoms with E-state index in [4.69, 9.17) is 28.5 Å². The molecule has 0 aliphatic heterocycles. The smallest absolute Gasteiger partial charge is 0.0999 e. The van der Waals surface area contributed by atoms with Crippen molar-refractivity contribution < 1.29 is 0 Å². The van der Waals surface area contributed by atoms with Gasteiger partial charge in [0.25, 0.3) is 0 Å². The molecule has 0 saturated heterocycles. The molecule has 0 aliphatic carbocycles. The molecule has 1 aromatic heterocycles. The highest BCUT2D eigenvalue weighted by Gasteiger charge is 2.08. The Morgan fingerprint density at radius 2 is 1.94 bits per heavy atom. The van der Waals surface area contributed by atoms with Crippen LogP contribution in [0.3, 0.4) is 0 Å². The minimum absolute atomic E-state index is 0.511. The SMILES string of the molecule is N#Cc1ccncc1-c1ccc(Cl)cc1Cl. The predicted molar refractivity (Wildman–Crippen MR) is 64.4 cm³/mol. The molecule has 2 aromatic rings. The summed E-state index contributed by atoms with van der Waals surface area (Å²) in [5.74, 6) is 0. The van der Waals surface area contributed by atoms with E-state index in [1.54, 1.807) is 36.7 Å². The molecule has 0 radical (unpaired) electrons. The topological polar surface area (TPSA) is 36.7 Å². The van der Waals surface area contributed by atoms with E-state index in [0.717, 1.165) is 5.56 Å². The van der Waals surface area contributed by atoms with Crippen molar-refractivity contribution in [3.05, 3.63) is 52.3 Å². The van der Waals surface area contributed by atoms with Gasteiger partial charge in [-0.15, -0.1) is 0 Å². The van der Waals surface area contributed by atoms with Crippen molar-refractivity contribution in [3.8, 4) is 17.2 Å². The fourth-order valence-corrected chi connectivity index (χ4v) is 1.92. The molecule has 1 aromatic carbocycles. The number of aromatic nitrogens is 1. The molecule has 0 N–H and O–H groups in total. The molecule has 2 rings (SSSR count). The van der Waals surface area contributed by atoms with Crippen molar-refractivity contribution in [2.45, 2.75) is 0 Å². The zero-order valence-corrected chi connectivity index (χ0v) is 9.63. The summed E-state index contributed by atoms with van der Waals surface area (Å²) in [5.41, 5.74) is 2.02. The van der Waals surface area contributed by atoms with Crippen LogP contribution in [0.2, 0.25) is 10.0 Å². The Kier molecular flexibility index (Phi) is 3.09. The number of nitrogens with zero attached hydrogens (tertiary/aromatic N) is 2. The number of benzene rings is 1. The molecule has 78 valence electrons. The molecule has 0 aliphatic rings. The third-order valence-corrected chi connectivity index (χ3v) is 2.71. The van der Waals surface area contributed by atoms with Gasteiger partial charge in [-0.2, -0.15) is 5.26 Å². The van der Waals surface area contributed by atoms with E-state index in [2.05, 4.69) is 11.1 Å². The van der Waals surface area contributed by atoms with E-state index < -0.39 is 0 Å². The summed E-state index contributed by atoms with van der Waals surface area (Å²) in [6.45, 7) is 0. The quantitative estimate of drug-likeness (QED) is 0.767. The lowest BCUT2D eigenvalue weighted by atomic mass is 10.0. The van der Waals surface area contributed by atoms with E-state index in [0.29, 0.717) is 21.2 Å². The standard InChI is InChI=1S/C12H6Cl2N2/c13-9-1-2-10(12(14)5-9)11-7-16-4-3-8(11)6-15/h1-5,7H. The second-order valence-electron chi connectivity index (χ2n) is 3.16. The molecule has 0 amide bonds. The van der Waals surface area contributed by atoms with Crippen LogP contribution in [0.1, 0.15) is 5.56 Å². The van der Waals surface area contributed by atoms with Gasteiger partial charge in [0.1, 0.15) is 0 Å². The molecule has 1 heterocycles. The maximum absolute atomic E-state index is 8.98.